The van der Waals surface area contributed by atoms with Crippen LogP contribution in [0.15, 0.2) is 49.3 Å². The number of allylic oxidation sites excluding steroid dienone is 1. The topological polar surface area (TPSA) is 141 Å². The van der Waals surface area contributed by atoms with Crippen molar-refractivity contribution in [1.29, 1.82) is 0 Å². The smallest absolute Gasteiger partial charge is 0.258 e. The Morgan fingerprint density at radius 3 is 2.54 bits per heavy atom. The molecule has 4 N–H and O–H groups in total. The molecule has 0 radical (unpaired) electrons. The maximum atomic E-state index is 12.1. The lowest BCUT2D eigenvalue weighted by molar-refractivity contribution is -0.124. The first-order valence-corrected chi connectivity index (χ1v) is 10.8. The van der Waals surface area contributed by atoms with Crippen molar-refractivity contribution in [2.24, 2.45) is 5.73 Å². The van der Waals surface area contributed by atoms with Gasteiger partial charge in [-0.15, -0.1) is 0 Å². The van der Waals surface area contributed by atoms with Gasteiger partial charge < -0.3 is 25.8 Å². The average molecular weight is 477 g/mol. The Morgan fingerprint density at radius 2 is 1.86 bits per heavy atom. The lowest BCUT2D eigenvalue weighted by Crippen LogP contribution is -2.30. The number of hydrogen-bond donors (Lipinski definition) is 3. The number of carbonyl (C=O) groups is 2. The monoisotopic (exact) mass is 476 g/mol. The van der Waals surface area contributed by atoms with Gasteiger partial charge in [0.2, 0.25) is 11.8 Å². The van der Waals surface area contributed by atoms with E-state index in [1.807, 2.05) is 13.8 Å². The van der Waals surface area contributed by atoms with E-state index in [4.69, 9.17) is 15.2 Å². The molecule has 0 aliphatic rings. The van der Waals surface area contributed by atoms with E-state index in [9.17, 15) is 9.59 Å². The molecule has 10 nitrogen and oxygen atoms in total. The van der Waals surface area contributed by atoms with Crippen molar-refractivity contribution < 1.29 is 19.1 Å². The maximum absolute atomic E-state index is 12.1. The van der Waals surface area contributed by atoms with Crippen LogP contribution in [0.1, 0.15) is 23.6 Å². The number of pyridine rings is 1. The van der Waals surface area contributed by atoms with Crippen molar-refractivity contribution in [3.8, 4) is 11.6 Å². The van der Waals surface area contributed by atoms with Crippen LogP contribution in [-0.2, 0) is 16.0 Å². The van der Waals surface area contributed by atoms with Gasteiger partial charge in [0.05, 0.1) is 12.8 Å². The van der Waals surface area contributed by atoms with Crippen molar-refractivity contribution >= 4 is 34.8 Å². The molecule has 3 aromatic rings. The largest absolute Gasteiger partial charge is 0.481 e. The van der Waals surface area contributed by atoms with Crippen molar-refractivity contribution in [1.82, 2.24) is 15.0 Å². The van der Waals surface area contributed by atoms with Crippen LogP contribution in [0.3, 0.4) is 0 Å². The van der Waals surface area contributed by atoms with E-state index in [2.05, 4.69) is 32.2 Å². The fraction of sp³-hybridized carbons (Fsp3) is 0.240. The highest BCUT2D eigenvalue weighted by Crippen LogP contribution is 2.29. The van der Waals surface area contributed by atoms with Crippen LogP contribution in [0.2, 0.25) is 0 Å². The molecule has 0 unspecified atom stereocenters. The third-order valence-corrected chi connectivity index (χ3v) is 5.14. The van der Waals surface area contributed by atoms with Crippen molar-refractivity contribution in [2.45, 2.75) is 33.3 Å². The van der Waals surface area contributed by atoms with Gasteiger partial charge in [-0.3, -0.25) is 9.59 Å². The SMILES string of the molecule is C=CC(=O)Cc1cc(O[C@H](C)C(N)=O)ccc1Nc1nc(Nc2cc(OC)ncc2C)ncc1C. The summed E-state index contributed by atoms with van der Waals surface area (Å²) in [6.45, 7) is 8.88. The number of primary amides is 1. The number of rotatable bonds is 11. The molecule has 0 saturated heterocycles. The molecule has 1 amide bonds. The minimum atomic E-state index is -0.815. The molecular weight excluding hydrogens is 448 g/mol. The van der Waals surface area contributed by atoms with Gasteiger partial charge in [0.25, 0.3) is 5.91 Å². The summed E-state index contributed by atoms with van der Waals surface area (Å²) in [4.78, 5) is 36.6. The van der Waals surface area contributed by atoms with E-state index in [-0.39, 0.29) is 12.2 Å². The Kier molecular flexibility index (Phi) is 7.98. The number of amides is 1. The van der Waals surface area contributed by atoms with Crippen LogP contribution in [0, 0.1) is 13.8 Å². The molecule has 0 bridgehead atoms. The molecule has 0 saturated carbocycles. The van der Waals surface area contributed by atoms with E-state index in [0.717, 1.165) is 16.8 Å². The summed E-state index contributed by atoms with van der Waals surface area (Å²) in [5.74, 6) is 1.04. The zero-order chi connectivity index (χ0) is 25.5. The molecule has 0 spiro atoms. The Hall–Kier alpha value is -4.47. The van der Waals surface area contributed by atoms with Gasteiger partial charge in [0.15, 0.2) is 11.9 Å². The fourth-order valence-electron chi connectivity index (χ4n) is 3.06. The van der Waals surface area contributed by atoms with E-state index in [1.165, 1.54) is 6.08 Å². The van der Waals surface area contributed by atoms with Crippen LogP contribution in [0.5, 0.6) is 11.6 Å². The highest BCUT2D eigenvalue weighted by atomic mass is 16.5. The molecular formula is C25H28N6O4. The minimum absolute atomic E-state index is 0.0826. The summed E-state index contributed by atoms with van der Waals surface area (Å²) in [5, 5.41) is 6.46. The Labute approximate surface area is 203 Å². The predicted octanol–water partition coefficient (Wildman–Crippen LogP) is 3.53. The molecule has 3 rings (SSSR count). The normalized spacial score (nSPS) is 11.3. The summed E-state index contributed by atoms with van der Waals surface area (Å²) >= 11 is 0. The van der Waals surface area contributed by atoms with Crippen LogP contribution in [0.4, 0.5) is 23.1 Å². The van der Waals surface area contributed by atoms with Crippen molar-refractivity contribution in [3.63, 3.8) is 0 Å². The molecule has 1 aromatic carbocycles. The first-order chi connectivity index (χ1) is 16.7. The van der Waals surface area contributed by atoms with Gasteiger partial charge in [-0.1, -0.05) is 6.58 Å². The molecule has 10 heteroatoms. The third kappa shape index (κ3) is 6.53. The Balaban J connectivity index is 1.91. The van der Waals surface area contributed by atoms with E-state index in [0.29, 0.717) is 34.6 Å². The van der Waals surface area contributed by atoms with Crippen LogP contribution in [0.25, 0.3) is 0 Å². The predicted molar refractivity (Wildman–Crippen MR) is 133 cm³/mol. The number of nitrogens with one attached hydrogen (secondary N) is 2. The third-order valence-electron chi connectivity index (χ3n) is 5.14. The van der Waals surface area contributed by atoms with Gasteiger partial charge in [-0.2, -0.15) is 4.98 Å². The van der Waals surface area contributed by atoms with Gasteiger partial charge >= 0.3 is 0 Å². The number of ether oxygens (including phenoxy) is 2. The molecule has 0 aliphatic heterocycles. The second kappa shape index (κ2) is 11.1. The van der Waals surface area contributed by atoms with Crippen molar-refractivity contribution in [2.75, 3.05) is 17.7 Å². The van der Waals surface area contributed by atoms with Gasteiger partial charge in [-0.25, -0.2) is 9.97 Å². The zero-order valence-electron chi connectivity index (χ0n) is 20.1. The highest BCUT2D eigenvalue weighted by Gasteiger charge is 2.15. The summed E-state index contributed by atoms with van der Waals surface area (Å²) in [7, 11) is 1.55. The number of aryl methyl sites for hydroxylation is 2. The maximum Gasteiger partial charge on any atom is 0.258 e. The summed E-state index contributed by atoms with van der Waals surface area (Å²) < 4.78 is 10.8. The first kappa shape index (κ1) is 25.2. The van der Waals surface area contributed by atoms with Gasteiger partial charge in [-0.05, 0) is 56.2 Å². The number of nitrogens with zero attached hydrogens (tertiary/aromatic N) is 3. The average Bonchev–Trinajstić information content (AvgIpc) is 2.83. The van der Waals surface area contributed by atoms with Gasteiger partial charge in [0, 0.05) is 36.1 Å². The van der Waals surface area contributed by atoms with E-state index in [1.54, 1.807) is 50.7 Å². The molecule has 35 heavy (non-hydrogen) atoms. The number of carbonyl (C=O) groups excluding carboxylic acids is 2. The minimum Gasteiger partial charge on any atom is -0.481 e. The van der Waals surface area contributed by atoms with E-state index >= 15 is 0 Å². The summed E-state index contributed by atoms with van der Waals surface area (Å²) in [5.41, 5.74) is 9.04. The standard InChI is InChI=1S/C25H28N6O4/c1-6-18(32)9-17-10-19(35-16(4)23(26)33)7-8-20(17)29-24-15(3)13-28-25(31-24)30-21-11-22(34-5)27-12-14(21)2/h6-8,10-13,16H,1,9H2,2-5H3,(H2,26,33)(H2,27,28,29,30,31)/t16-/m1/s1. The first-order valence-electron chi connectivity index (χ1n) is 10.8. The highest BCUT2D eigenvalue weighted by molar-refractivity contribution is 5.92. The molecule has 1 atom stereocenters. The summed E-state index contributed by atoms with van der Waals surface area (Å²) in [6, 6.07) is 6.88. The molecule has 2 heterocycles. The quantitative estimate of drug-likeness (QED) is 0.354. The molecule has 2 aromatic heterocycles. The number of hydrogen-bond acceptors (Lipinski definition) is 9. The molecule has 0 aliphatic carbocycles. The van der Waals surface area contributed by atoms with Crippen LogP contribution in [-0.4, -0.2) is 39.9 Å². The number of methoxy groups -OCH3 is 1. The van der Waals surface area contributed by atoms with E-state index < -0.39 is 12.0 Å². The molecule has 182 valence electrons. The van der Waals surface area contributed by atoms with Crippen LogP contribution >= 0.6 is 0 Å². The fourth-order valence-corrected chi connectivity index (χ4v) is 3.06. The van der Waals surface area contributed by atoms with Crippen molar-refractivity contribution in [3.05, 3.63) is 66.0 Å². The number of ketones is 1. The lowest BCUT2D eigenvalue weighted by atomic mass is 10.1. The number of anilines is 4. The molecule has 0 fully saturated rings. The second-order valence-electron chi connectivity index (χ2n) is 7.85. The number of nitrogens with two attached hydrogens (primary N) is 1. The number of benzene rings is 1. The van der Waals surface area contributed by atoms with Crippen LogP contribution < -0.4 is 25.8 Å². The number of aromatic nitrogens is 3. The Morgan fingerprint density at radius 1 is 1.11 bits per heavy atom. The lowest BCUT2D eigenvalue weighted by Gasteiger charge is -2.17. The Bertz CT molecular complexity index is 1260. The van der Waals surface area contributed by atoms with Gasteiger partial charge in [0.1, 0.15) is 11.6 Å². The zero-order valence-corrected chi connectivity index (χ0v) is 20.1. The second-order valence-corrected chi connectivity index (χ2v) is 7.85. The summed E-state index contributed by atoms with van der Waals surface area (Å²) in [6.07, 6.45) is 3.91.